The summed E-state index contributed by atoms with van der Waals surface area (Å²) in [6.07, 6.45) is -0.257. The Morgan fingerprint density at radius 3 is 2.94 bits per heavy atom. The van der Waals surface area contributed by atoms with Gasteiger partial charge in [-0.3, -0.25) is 4.79 Å². The molecule has 0 radical (unpaired) electrons. The molecule has 1 aromatic heterocycles. The zero-order valence-corrected chi connectivity index (χ0v) is 9.39. The molecule has 2 aromatic rings. The van der Waals surface area contributed by atoms with Crippen molar-refractivity contribution in [2.75, 3.05) is 6.54 Å². The van der Waals surface area contributed by atoms with Gasteiger partial charge in [0.15, 0.2) is 0 Å². The Labute approximate surface area is 98.9 Å². The zero-order valence-electron chi connectivity index (χ0n) is 9.39. The van der Waals surface area contributed by atoms with Crippen LogP contribution in [0.25, 0.3) is 10.9 Å². The number of hydrogen-bond acceptors (Lipinski definition) is 2. The second-order valence-corrected chi connectivity index (χ2v) is 4.51. The van der Waals surface area contributed by atoms with E-state index >= 15 is 0 Å². The summed E-state index contributed by atoms with van der Waals surface area (Å²) in [5.41, 5.74) is 2.09. The molecule has 4 heteroatoms. The Morgan fingerprint density at radius 2 is 2.24 bits per heavy atom. The molecule has 1 aromatic carbocycles. The number of aromatic amines is 1. The normalized spacial score (nSPS) is 20.4. The molecule has 1 aliphatic heterocycles. The lowest BCUT2D eigenvalue weighted by Gasteiger charge is -2.14. The number of para-hydroxylation sites is 1. The lowest BCUT2D eigenvalue weighted by atomic mass is 10.2. The van der Waals surface area contributed by atoms with Gasteiger partial charge in [-0.2, -0.15) is 0 Å². The Morgan fingerprint density at radius 1 is 1.41 bits per heavy atom. The summed E-state index contributed by atoms with van der Waals surface area (Å²) in [5.74, 6) is 0.0242. The van der Waals surface area contributed by atoms with E-state index in [1.54, 1.807) is 4.90 Å². The van der Waals surface area contributed by atoms with Crippen LogP contribution in [0.1, 0.15) is 12.1 Å². The Hall–Kier alpha value is -1.81. The number of aliphatic hydroxyl groups excluding tert-OH is 1. The average Bonchev–Trinajstić information content (AvgIpc) is 2.82. The van der Waals surface area contributed by atoms with Crippen LogP contribution in [0.5, 0.6) is 0 Å². The number of H-pyrrole nitrogens is 1. The van der Waals surface area contributed by atoms with Gasteiger partial charge in [-0.05, 0) is 17.5 Å². The number of aliphatic hydroxyl groups is 1. The van der Waals surface area contributed by atoms with Gasteiger partial charge in [-0.15, -0.1) is 0 Å². The highest BCUT2D eigenvalue weighted by Crippen LogP contribution is 2.18. The van der Waals surface area contributed by atoms with Crippen molar-refractivity contribution >= 4 is 16.8 Å². The third-order valence-electron chi connectivity index (χ3n) is 3.14. The van der Waals surface area contributed by atoms with E-state index in [0.717, 1.165) is 16.6 Å². The summed E-state index contributed by atoms with van der Waals surface area (Å²) in [6, 6.07) is 10.1. The van der Waals surface area contributed by atoms with Crippen LogP contribution in [0.2, 0.25) is 0 Å². The minimum atomic E-state index is -0.508. The van der Waals surface area contributed by atoms with Gasteiger partial charge in [0.1, 0.15) is 0 Å². The zero-order chi connectivity index (χ0) is 11.8. The summed E-state index contributed by atoms with van der Waals surface area (Å²) < 4.78 is 0. The number of aromatic nitrogens is 1. The number of fused-ring (bicyclic) bond motifs is 1. The van der Waals surface area contributed by atoms with Gasteiger partial charge in [-0.1, -0.05) is 18.2 Å². The third kappa shape index (κ3) is 1.91. The van der Waals surface area contributed by atoms with E-state index in [4.69, 9.17) is 0 Å². The molecular weight excluding hydrogens is 216 g/mol. The molecule has 1 atom stereocenters. The molecule has 1 aliphatic rings. The quantitative estimate of drug-likeness (QED) is 0.816. The van der Waals surface area contributed by atoms with Crippen molar-refractivity contribution in [2.45, 2.75) is 19.1 Å². The first kappa shape index (κ1) is 10.4. The van der Waals surface area contributed by atoms with Crippen LogP contribution in [0.4, 0.5) is 0 Å². The smallest absolute Gasteiger partial charge is 0.225 e. The van der Waals surface area contributed by atoms with Crippen molar-refractivity contribution in [3.05, 3.63) is 36.0 Å². The Kier molecular flexibility index (Phi) is 2.37. The standard InChI is InChI=1S/C13H14N2O2/c16-11-6-13(17)15(8-11)7-10-5-9-3-1-2-4-12(9)14-10/h1-5,11,14,16H,6-8H2. The third-order valence-corrected chi connectivity index (χ3v) is 3.14. The number of benzene rings is 1. The van der Waals surface area contributed by atoms with Crippen molar-refractivity contribution in [3.63, 3.8) is 0 Å². The summed E-state index contributed by atoms with van der Waals surface area (Å²) in [6.45, 7) is 0.985. The molecule has 0 spiro atoms. The van der Waals surface area contributed by atoms with Crippen LogP contribution in [0.15, 0.2) is 30.3 Å². The van der Waals surface area contributed by atoms with E-state index in [1.165, 1.54) is 0 Å². The second kappa shape index (κ2) is 3.89. The maximum atomic E-state index is 11.6. The number of hydrogen-bond donors (Lipinski definition) is 2. The number of likely N-dealkylation sites (tertiary alicyclic amines) is 1. The molecule has 1 fully saturated rings. The van der Waals surface area contributed by atoms with Crippen molar-refractivity contribution in [1.29, 1.82) is 0 Å². The van der Waals surface area contributed by atoms with E-state index in [0.29, 0.717) is 13.1 Å². The first-order valence-electron chi connectivity index (χ1n) is 5.75. The summed E-state index contributed by atoms with van der Waals surface area (Å²) in [4.78, 5) is 16.5. The summed E-state index contributed by atoms with van der Waals surface area (Å²) in [5, 5.41) is 10.6. The largest absolute Gasteiger partial charge is 0.391 e. The molecule has 2 N–H and O–H groups in total. The van der Waals surface area contributed by atoms with Crippen LogP contribution < -0.4 is 0 Å². The summed E-state index contributed by atoms with van der Waals surface area (Å²) in [7, 11) is 0. The highest BCUT2D eigenvalue weighted by molar-refractivity contribution is 5.81. The van der Waals surface area contributed by atoms with E-state index in [2.05, 4.69) is 4.98 Å². The molecule has 1 amide bonds. The Bertz CT molecular complexity index is 528. The fourth-order valence-corrected chi connectivity index (χ4v) is 2.33. The molecular formula is C13H14N2O2. The molecule has 1 saturated heterocycles. The van der Waals surface area contributed by atoms with Crippen LogP contribution in [-0.2, 0) is 11.3 Å². The number of nitrogens with one attached hydrogen (secondary N) is 1. The number of amides is 1. The average molecular weight is 230 g/mol. The van der Waals surface area contributed by atoms with E-state index in [9.17, 15) is 9.90 Å². The molecule has 3 rings (SSSR count). The van der Waals surface area contributed by atoms with Crippen molar-refractivity contribution < 1.29 is 9.90 Å². The molecule has 0 saturated carbocycles. The van der Waals surface area contributed by atoms with E-state index < -0.39 is 6.10 Å². The summed E-state index contributed by atoms with van der Waals surface area (Å²) >= 11 is 0. The van der Waals surface area contributed by atoms with Gasteiger partial charge in [0.05, 0.1) is 19.1 Å². The van der Waals surface area contributed by atoms with Crippen molar-refractivity contribution in [1.82, 2.24) is 9.88 Å². The SMILES string of the molecule is O=C1CC(O)CN1Cc1cc2ccccc2[nH]1. The molecule has 17 heavy (non-hydrogen) atoms. The topological polar surface area (TPSA) is 56.3 Å². The molecule has 88 valence electrons. The molecule has 0 aliphatic carbocycles. The number of carbonyl (C=O) groups excluding carboxylic acids is 1. The van der Waals surface area contributed by atoms with E-state index in [1.807, 2.05) is 30.3 Å². The highest BCUT2D eigenvalue weighted by atomic mass is 16.3. The maximum absolute atomic E-state index is 11.6. The van der Waals surface area contributed by atoms with Gasteiger partial charge in [0.25, 0.3) is 0 Å². The predicted octanol–water partition coefficient (Wildman–Crippen LogP) is 1.26. The van der Waals surface area contributed by atoms with Gasteiger partial charge < -0.3 is 15.0 Å². The van der Waals surface area contributed by atoms with Crippen LogP contribution >= 0.6 is 0 Å². The van der Waals surface area contributed by atoms with Gasteiger partial charge in [-0.25, -0.2) is 0 Å². The molecule has 4 nitrogen and oxygen atoms in total. The minimum Gasteiger partial charge on any atom is -0.391 e. The van der Waals surface area contributed by atoms with Gasteiger partial charge in [0.2, 0.25) is 5.91 Å². The second-order valence-electron chi connectivity index (χ2n) is 4.51. The van der Waals surface area contributed by atoms with Crippen LogP contribution in [-0.4, -0.2) is 33.5 Å². The molecule has 2 heterocycles. The molecule has 0 bridgehead atoms. The van der Waals surface area contributed by atoms with Gasteiger partial charge >= 0.3 is 0 Å². The first-order valence-corrected chi connectivity index (χ1v) is 5.75. The fourth-order valence-electron chi connectivity index (χ4n) is 2.33. The first-order chi connectivity index (χ1) is 8.22. The fraction of sp³-hybridized carbons (Fsp3) is 0.308. The lowest BCUT2D eigenvalue weighted by molar-refractivity contribution is -0.128. The number of β-amino-alcohol motifs (C(OH)–C–C–N with tert-alkyl or cyclic N) is 1. The minimum absolute atomic E-state index is 0.0242. The van der Waals surface area contributed by atoms with Crippen LogP contribution in [0.3, 0.4) is 0 Å². The number of carbonyl (C=O) groups is 1. The number of rotatable bonds is 2. The lowest BCUT2D eigenvalue weighted by Crippen LogP contribution is -2.25. The van der Waals surface area contributed by atoms with Crippen molar-refractivity contribution in [2.24, 2.45) is 0 Å². The predicted molar refractivity (Wildman–Crippen MR) is 64.3 cm³/mol. The molecule has 1 unspecified atom stereocenters. The maximum Gasteiger partial charge on any atom is 0.225 e. The van der Waals surface area contributed by atoms with Crippen molar-refractivity contribution in [3.8, 4) is 0 Å². The van der Waals surface area contributed by atoms with Crippen LogP contribution in [0, 0.1) is 0 Å². The van der Waals surface area contributed by atoms with Gasteiger partial charge in [0, 0.05) is 17.8 Å². The van der Waals surface area contributed by atoms with E-state index in [-0.39, 0.29) is 12.3 Å². The number of nitrogens with zero attached hydrogens (tertiary/aromatic N) is 1. The Balaban J connectivity index is 1.83. The monoisotopic (exact) mass is 230 g/mol. The highest BCUT2D eigenvalue weighted by Gasteiger charge is 2.27.